The topological polar surface area (TPSA) is 15.3 Å². The van der Waals surface area contributed by atoms with E-state index in [-0.39, 0.29) is 12.4 Å². The van der Waals surface area contributed by atoms with Gasteiger partial charge in [0, 0.05) is 0 Å². The molecule has 0 saturated carbocycles. The first kappa shape index (κ1) is 12.8. The van der Waals surface area contributed by atoms with E-state index in [1.54, 1.807) is 0 Å². The monoisotopic (exact) mass is 166 g/mol. The van der Waals surface area contributed by atoms with Gasteiger partial charge < -0.3 is 10.2 Å². The highest BCUT2D eigenvalue weighted by Crippen LogP contribution is 1.79. The highest BCUT2D eigenvalue weighted by molar-refractivity contribution is 5.85. The number of rotatable bonds is 5. The molecule has 1 N–H and O–H groups in total. The van der Waals surface area contributed by atoms with Gasteiger partial charge in [-0.05, 0) is 40.2 Å². The molecule has 0 radical (unpaired) electrons. The molecule has 0 atom stereocenters. The zero-order valence-electron chi connectivity index (χ0n) is 7.18. The molecule has 0 amide bonds. The quantitative estimate of drug-likeness (QED) is 0.613. The molecule has 0 aromatic carbocycles. The van der Waals surface area contributed by atoms with Crippen LogP contribution in [0.5, 0.6) is 0 Å². The minimum atomic E-state index is 0. The third kappa shape index (κ3) is 11.1. The van der Waals surface area contributed by atoms with Crippen molar-refractivity contribution in [2.24, 2.45) is 0 Å². The number of nitrogens with one attached hydrogen (secondary N) is 1. The average Bonchev–Trinajstić information content (AvgIpc) is 1.80. The number of halogens is 1. The Kier molecular flexibility index (Phi) is 11.8. The summed E-state index contributed by atoms with van der Waals surface area (Å²) < 4.78 is 0. The van der Waals surface area contributed by atoms with Gasteiger partial charge in [0.05, 0.1) is 0 Å². The van der Waals surface area contributed by atoms with E-state index in [9.17, 15) is 0 Å². The maximum Gasteiger partial charge on any atom is -0.00127 e. The fourth-order valence-corrected chi connectivity index (χ4v) is 0.697. The van der Waals surface area contributed by atoms with Crippen molar-refractivity contribution >= 4 is 12.4 Å². The maximum absolute atomic E-state index is 3.28. The molecule has 3 heteroatoms. The van der Waals surface area contributed by atoms with Crippen molar-refractivity contribution in [2.75, 3.05) is 33.7 Å². The summed E-state index contributed by atoms with van der Waals surface area (Å²) in [5, 5.41) is 3.28. The number of nitrogens with zero attached hydrogens (tertiary/aromatic N) is 1. The molecule has 0 fully saturated rings. The predicted octanol–water partition coefficient (Wildman–Crippen LogP) is 0.969. The third-order valence-corrected chi connectivity index (χ3v) is 1.21. The van der Waals surface area contributed by atoms with Crippen LogP contribution >= 0.6 is 12.4 Å². The van der Waals surface area contributed by atoms with Gasteiger partial charge in [0.15, 0.2) is 0 Å². The molecule has 0 spiro atoms. The molecule has 0 bridgehead atoms. The summed E-state index contributed by atoms with van der Waals surface area (Å²) in [6.07, 6.45) is 1.25. The SMILES string of the molecule is CCNCCCN(C)C.Cl. The summed E-state index contributed by atoms with van der Waals surface area (Å²) in [5.74, 6) is 0. The molecule has 0 aliphatic rings. The minimum Gasteiger partial charge on any atom is -0.317 e. The van der Waals surface area contributed by atoms with Crippen LogP contribution in [0.2, 0.25) is 0 Å². The Morgan fingerprint density at radius 3 is 2.30 bits per heavy atom. The molecule has 0 aliphatic heterocycles. The summed E-state index contributed by atoms with van der Waals surface area (Å²) in [4.78, 5) is 2.21. The molecule has 0 rings (SSSR count). The molecule has 2 nitrogen and oxygen atoms in total. The molecule has 0 aromatic heterocycles. The van der Waals surface area contributed by atoms with E-state index < -0.39 is 0 Å². The molecule has 0 heterocycles. The van der Waals surface area contributed by atoms with Crippen LogP contribution in [-0.2, 0) is 0 Å². The summed E-state index contributed by atoms with van der Waals surface area (Å²) in [6.45, 7) is 5.56. The summed E-state index contributed by atoms with van der Waals surface area (Å²) >= 11 is 0. The largest absolute Gasteiger partial charge is 0.317 e. The fraction of sp³-hybridized carbons (Fsp3) is 1.00. The zero-order valence-corrected chi connectivity index (χ0v) is 8.00. The van der Waals surface area contributed by atoms with Crippen LogP contribution < -0.4 is 5.32 Å². The first-order chi connectivity index (χ1) is 4.27. The molecular formula is C7H19ClN2. The molecule has 64 valence electrons. The van der Waals surface area contributed by atoms with E-state index in [1.165, 1.54) is 13.0 Å². The van der Waals surface area contributed by atoms with Crippen LogP contribution in [0.4, 0.5) is 0 Å². The first-order valence-corrected chi connectivity index (χ1v) is 3.62. The van der Waals surface area contributed by atoms with Crippen LogP contribution in [0, 0.1) is 0 Å². The Hall–Kier alpha value is 0.210. The second-order valence-electron chi connectivity index (χ2n) is 2.51. The van der Waals surface area contributed by atoms with Gasteiger partial charge in [-0.3, -0.25) is 0 Å². The smallest absolute Gasteiger partial charge is 0.00127 e. The lowest BCUT2D eigenvalue weighted by atomic mass is 10.4. The third-order valence-electron chi connectivity index (χ3n) is 1.21. The predicted molar refractivity (Wildman–Crippen MR) is 49.0 cm³/mol. The van der Waals surface area contributed by atoms with Crippen LogP contribution in [0.1, 0.15) is 13.3 Å². The van der Waals surface area contributed by atoms with Crippen LogP contribution in [0.15, 0.2) is 0 Å². The lowest BCUT2D eigenvalue weighted by Gasteiger charge is -2.08. The summed E-state index contributed by atoms with van der Waals surface area (Å²) in [7, 11) is 4.21. The second kappa shape index (κ2) is 9.21. The van der Waals surface area contributed by atoms with E-state index in [0.29, 0.717) is 0 Å². The van der Waals surface area contributed by atoms with Crippen LogP contribution in [0.3, 0.4) is 0 Å². The Morgan fingerprint density at radius 1 is 1.30 bits per heavy atom. The first-order valence-electron chi connectivity index (χ1n) is 3.62. The normalized spacial score (nSPS) is 9.60. The Labute approximate surface area is 70.4 Å². The lowest BCUT2D eigenvalue weighted by Crippen LogP contribution is -2.20. The molecule has 10 heavy (non-hydrogen) atoms. The van der Waals surface area contributed by atoms with Gasteiger partial charge in [-0.15, -0.1) is 12.4 Å². The van der Waals surface area contributed by atoms with Crippen LogP contribution in [-0.4, -0.2) is 38.6 Å². The van der Waals surface area contributed by atoms with Crippen molar-refractivity contribution in [1.82, 2.24) is 10.2 Å². The molecule has 0 unspecified atom stereocenters. The highest BCUT2D eigenvalue weighted by atomic mass is 35.5. The van der Waals surface area contributed by atoms with Gasteiger partial charge in [-0.2, -0.15) is 0 Å². The molecule has 0 aliphatic carbocycles. The van der Waals surface area contributed by atoms with E-state index in [1.807, 2.05) is 0 Å². The minimum absolute atomic E-state index is 0. The van der Waals surface area contributed by atoms with Gasteiger partial charge in [0.1, 0.15) is 0 Å². The average molecular weight is 167 g/mol. The van der Waals surface area contributed by atoms with Crippen molar-refractivity contribution in [1.29, 1.82) is 0 Å². The van der Waals surface area contributed by atoms with Crippen LogP contribution in [0.25, 0.3) is 0 Å². The highest BCUT2D eigenvalue weighted by Gasteiger charge is 1.87. The van der Waals surface area contributed by atoms with Gasteiger partial charge in [0.25, 0.3) is 0 Å². The lowest BCUT2D eigenvalue weighted by molar-refractivity contribution is 0.395. The molecule has 0 aromatic rings. The fourth-order valence-electron chi connectivity index (χ4n) is 0.697. The summed E-state index contributed by atoms with van der Waals surface area (Å²) in [6, 6.07) is 0. The molecule has 0 saturated heterocycles. The van der Waals surface area contributed by atoms with Gasteiger partial charge in [-0.25, -0.2) is 0 Å². The van der Waals surface area contributed by atoms with Crippen molar-refractivity contribution in [3.63, 3.8) is 0 Å². The van der Waals surface area contributed by atoms with Crippen molar-refractivity contribution < 1.29 is 0 Å². The molecular weight excluding hydrogens is 148 g/mol. The Bertz CT molecular complexity index is 57.6. The van der Waals surface area contributed by atoms with Crippen molar-refractivity contribution in [3.05, 3.63) is 0 Å². The zero-order chi connectivity index (χ0) is 7.11. The second-order valence-corrected chi connectivity index (χ2v) is 2.51. The van der Waals surface area contributed by atoms with Crippen molar-refractivity contribution in [3.8, 4) is 0 Å². The van der Waals surface area contributed by atoms with Gasteiger partial charge >= 0.3 is 0 Å². The van der Waals surface area contributed by atoms with Gasteiger partial charge in [-0.1, -0.05) is 6.92 Å². The van der Waals surface area contributed by atoms with E-state index in [0.717, 1.165) is 13.1 Å². The van der Waals surface area contributed by atoms with Crippen molar-refractivity contribution in [2.45, 2.75) is 13.3 Å². The standard InChI is InChI=1S/C7H18N2.ClH/c1-4-8-6-5-7-9(2)3;/h8H,4-7H2,1-3H3;1H. The number of hydrogen-bond donors (Lipinski definition) is 1. The number of hydrogen-bond acceptors (Lipinski definition) is 2. The van der Waals surface area contributed by atoms with E-state index >= 15 is 0 Å². The Morgan fingerprint density at radius 2 is 1.90 bits per heavy atom. The Balaban J connectivity index is 0. The van der Waals surface area contributed by atoms with Gasteiger partial charge in [0.2, 0.25) is 0 Å². The van der Waals surface area contributed by atoms with E-state index in [2.05, 4.69) is 31.2 Å². The van der Waals surface area contributed by atoms with E-state index in [4.69, 9.17) is 0 Å². The maximum atomic E-state index is 3.28. The summed E-state index contributed by atoms with van der Waals surface area (Å²) in [5.41, 5.74) is 0.